The second kappa shape index (κ2) is 8.08. The molecule has 1 aliphatic heterocycles. The molecule has 2 aromatic heterocycles. The van der Waals surface area contributed by atoms with Gasteiger partial charge >= 0.3 is 0 Å². The largest absolute Gasteiger partial charge is 0.339 e. The number of likely N-dealkylation sites (N-methyl/N-ethyl adjacent to an activating group) is 1. The second-order valence-corrected chi connectivity index (χ2v) is 7.22. The summed E-state index contributed by atoms with van der Waals surface area (Å²) in [5.74, 6) is -0.0597. The van der Waals surface area contributed by atoms with Crippen molar-refractivity contribution in [3.63, 3.8) is 0 Å². The Morgan fingerprint density at radius 2 is 1.89 bits per heavy atom. The average molecular weight is 378 g/mol. The van der Waals surface area contributed by atoms with Crippen LogP contribution in [0.2, 0.25) is 0 Å². The van der Waals surface area contributed by atoms with Crippen LogP contribution in [0.5, 0.6) is 0 Å². The van der Waals surface area contributed by atoms with E-state index in [1.54, 1.807) is 11.0 Å². The number of aryl methyl sites for hydroxylation is 1. The molecule has 0 unspecified atom stereocenters. The lowest BCUT2D eigenvalue weighted by Crippen LogP contribution is -2.46. The first kappa shape index (κ1) is 18.6. The third kappa shape index (κ3) is 3.76. The lowest BCUT2D eigenvalue weighted by atomic mass is 10.2. The maximum atomic E-state index is 12.9. The highest BCUT2D eigenvalue weighted by atomic mass is 16.2. The van der Waals surface area contributed by atoms with E-state index < -0.39 is 0 Å². The predicted molar refractivity (Wildman–Crippen MR) is 110 cm³/mol. The molecular formula is C21H26N6O. The summed E-state index contributed by atoms with van der Waals surface area (Å²) < 4.78 is 1.81. The summed E-state index contributed by atoms with van der Waals surface area (Å²) in [7, 11) is 1.84. The van der Waals surface area contributed by atoms with Crippen molar-refractivity contribution in [1.29, 1.82) is 0 Å². The van der Waals surface area contributed by atoms with Gasteiger partial charge in [0.1, 0.15) is 5.69 Å². The predicted octanol–water partition coefficient (Wildman–Crippen LogP) is 1.71. The fraction of sp³-hybridized carbons (Fsp3) is 0.381. The Kier molecular flexibility index (Phi) is 5.36. The molecule has 3 aromatic rings. The van der Waals surface area contributed by atoms with Crippen LogP contribution >= 0.6 is 0 Å². The summed E-state index contributed by atoms with van der Waals surface area (Å²) in [5.41, 5.74) is 3.00. The molecular weight excluding hydrogens is 352 g/mol. The fourth-order valence-corrected chi connectivity index (χ4v) is 3.54. The van der Waals surface area contributed by atoms with Crippen molar-refractivity contribution in [2.75, 3.05) is 46.3 Å². The maximum Gasteiger partial charge on any atom is 0.272 e. The molecule has 1 fully saturated rings. The van der Waals surface area contributed by atoms with Gasteiger partial charge in [0.25, 0.3) is 5.91 Å². The van der Waals surface area contributed by atoms with E-state index in [9.17, 15) is 4.79 Å². The van der Waals surface area contributed by atoms with E-state index in [2.05, 4.69) is 20.3 Å². The minimum Gasteiger partial charge on any atom is -0.339 e. The van der Waals surface area contributed by atoms with Crippen molar-refractivity contribution >= 4 is 16.9 Å². The van der Waals surface area contributed by atoms with Crippen molar-refractivity contribution in [3.05, 3.63) is 53.9 Å². The Morgan fingerprint density at radius 1 is 1.14 bits per heavy atom. The third-order valence-corrected chi connectivity index (χ3v) is 5.24. The number of hydrogen-bond donors (Lipinski definition) is 1. The lowest BCUT2D eigenvalue weighted by Gasteiger charge is -2.29. The van der Waals surface area contributed by atoms with Crippen LogP contribution < -0.4 is 5.32 Å². The van der Waals surface area contributed by atoms with Crippen LogP contribution in [0.1, 0.15) is 16.2 Å². The highest BCUT2D eigenvalue weighted by Crippen LogP contribution is 2.21. The van der Waals surface area contributed by atoms with Gasteiger partial charge in [-0.3, -0.25) is 9.69 Å². The quantitative estimate of drug-likeness (QED) is 0.732. The number of hydrogen-bond acceptors (Lipinski definition) is 5. The molecule has 1 N–H and O–H groups in total. The van der Waals surface area contributed by atoms with Gasteiger partial charge in [0.2, 0.25) is 0 Å². The van der Waals surface area contributed by atoms with Crippen molar-refractivity contribution in [3.8, 4) is 5.69 Å². The molecule has 1 aliphatic rings. The Labute approximate surface area is 165 Å². The Bertz CT molecular complexity index is 962. The molecule has 7 heteroatoms. The topological polar surface area (TPSA) is 66.3 Å². The third-order valence-electron chi connectivity index (χ3n) is 5.24. The fourth-order valence-electron chi connectivity index (χ4n) is 3.54. The van der Waals surface area contributed by atoms with Crippen LogP contribution in [0.3, 0.4) is 0 Å². The zero-order valence-electron chi connectivity index (χ0n) is 16.4. The van der Waals surface area contributed by atoms with E-state index in [4.69, 9.17) is 0 Å². The van der Waals surface area contributed by atoms with Crippen LogP contribution in [0.25, 0.3) is 16.7 Å². The lowest BCUT2D eigenvalue weighted by molar-refractivity contribution is 0.0769. The second-order valence-electron chi connectivity index (χ2n) is 7.22. The number of carbonyl (C=O) groups is 1. The Morgan fingerprint density at radius 3 is 2.64 bits per heavy atom. The summed E-state index contributed by atoms with van der Waals surface area (Å²) in [6, 6.07) is 13.6. The Hall–Kier alpha value is -2.77. The van der Waals surface area contributed by atoms with Gasteiger partial charge in [-0.25, -0.2) is 9.67 Å². The van der Waals surface area contributed by atoms with E-state index in [0.29, 0.717) is 17.9 Å². The molecule has 0 atom stereocenters. The molecule has 0 spiro atoms. The molecule has 7 nitrogen and oxygen atoms in total. The summed E-state index contributed by atoms with van der Waals surface area (Å²) in [5, 5.41) is 8.93. The van der Waals surface area contributed by atoms with Gasteiger partial charge in [0.15, 0.2) is 5.65 Å². The zero-order chi connectivity index (χ0) is 19.5. The number of nitrogens with one attached hydrogen (secondary N) is 1. The molecule has 28 heavy (non-hydrogen) atoms. The van der Waals surface area contributed by atoms with Crippen LogP contribution in [0.4, 0.5) is 0 Å². The highest BCUT2D eigenvalue weighted by molar-refractivity contribution is 5.94. The first-order chi connectivity index (χ1) is 13.6. The average Bonchev–Trinajstić information content (AvgIpc) is 3.09. The first-order valence-electron chi connectivity index (χ1n) is 9.74. The van der Waals surface area contributed by atoms with Crippen LogP contribution in [-0.4, -0.2) is 76.8 Å². The summed E-state index contributed by atoms with van der Waals surface area (Å²) in [6.07, 6.45) is 0. The molecule has 0 bridgehead atoms. The van der Waals surface area contributed by atoms with Gasteiger partial charge in [0, 0.05) is 51.7 Å². The number of aromatic nitrogens is 3. The van der Waals surface area contributed by atoms with Gasteiger partial charge in [0.05, 0.1) is 11.4 Å². The Balaban J connectivity index is 1.55. The van der Waals surface area contributed by atoms with Crippen LogP contribution in [0.15, 0.2) is 42.5 Å². The molecule has 0 aliphatic carbocycles. The summed E-state index contributed by atoms with van der Waals surface area (Å²) in [4.78, 5) is 21.7. The number of nitrogens with zero attached hydrogens (tertiary/aromatic N) is 5. The van der Waals surface area contributed by atoms with Crippen molar-refractivity contribution in [1.82, 2.24) is 29.9 Å². The highest BCUT2D eigenvalue weighted by Gasteiger charge is 2.18. The number of para-hydroxylation sites is 1. The minimum atomic E-state index is -0.0597. The smallest absolute Gasteiger partial charge is 0.272 e. The number of pyridine rings is 1. The van der Waals surface area contributed by atoms with Gasteiger partial charge in [-0.05, 0) is 31.2 Å². The van der Waals surface area contributed by atoms with E-state index in [0.717, 1.165) is 49.5 Å². The number of fused-ring (bicyclic) bond motifs is 1. The number of benzene rings is 1. The van der Waals surface area contributed by atoms with Crippen LogP contribution in [-0.2, 0) is 0 Å². The van der Waals surface area contributed by atoms with Crippen molar-refractivity contribution in [2.45, 2.75) is 6.92 Å². The monoisotopic (exact) mass is 378 g/mol. The molecule has 146 valence electrons. The molecule has 4 rings (SSSR count). The molecule has 0 radical (unpaired) electrons. The van der Waals surface area contributed by atoms with Crippen LogP contribution in [0, 0.1) is 6.92 Å². The normalized spacial score (nSPS) is 15.1. The molecule has 1 saturated heterocycles. The van der Waals surface area contributed by atoms with Gasteiger partial charge in [-0.15, -0.1) is 0 Å². The minimum absolute atomic E-state index is 0.0597. The number of carbonyl (C=O) groups excluding carboxylic acids is 1. The number of rotatable bonds is 5. The van der Waals surface area contributed by atoms with Crippen molar-refractivity contribution in [2.24, 2.45) is 0 Å². The number of amides is 1. The van der Waals surface area contributed by atoms with E-state index in [-0.39, 0.29) is 5.91 Å². The number of piperazine rings is 1. The van der Waals surface area contributed by atoms with Gasteiger partial charge in [-0.1, -0.05) is 18.2 Å². The molecule has 0 saturated carbocycles. The van der Waals surface area contributed by atoms with E-state index >= 15 is 0 Å². The first-order valence-corrected chi connectivity index (χ1v) is 9.74. The zero-order valence-corrected chi connectivity index (χ0v) is 16.4. The van der Waals surface area contributed by atoms with E-state index in [1.807, 2.05) is 55.1 Å². The van der Waals surface area contributed by atoms with Crippen molar-refractivity contribution < 1.29 is 4.79 Å². The van der Waals surface area contributed by atoms with Gasteiger partial charge < -0.3 is 10.2 Å². The standard InChI is InChI=1S/C21H26N6O/c1-16-18-8-9-19(21(28)25(2)14-15-26-12-10-22-11-13-26)23-20(18)27(24-16)17-6-4-3-5-7-17/h3-9,22H,10-15H2,1-2H3. The van der Waals surface area contributed by atoms with Gasteiger partial charge in [-0.2, -0.15) is 5.10 Å². The molecule has 1 aromatic carbocycles. The summed E-state index contributed by atoms with van der Waals surface area (Å²) >= 11 is 0. The SMILES string of the molecule is Cc1nn(-c2ccccc2)c2nc(C(=O)N(C)CCN3CCNCC3)ccc12. The summed E-state index contributed by atoms with van der Waals surface area (Å²) in [6.45, 7) is 7.62. The molecule has 1 amide bonds. The molecule has 3 heterocycles. The maximum absolute atomic E-state index is 12.9. The van der Waals surface area contributed by atoms with E-state index in [1.165, 1.54) is 0 Å².